The van der Waals surface area contributed by atoms with E-state index in [4.69, 9.17) is 14.2 Å². The molecule has 0 fully saturated rings. The lowest BCUT2D eigenvalue weighted by molar-refractivity contribution is -0.167. The third-order valence-electron chi connectivity index (χ3n) is 17.2. The van der Waals surface area contributed by atoms with E-state index in [0.29, 0.717) is 19.3 Å². The van der Waals surface area contributed by atoms with Crippen LogP contribution in [0.5, 0.6) is 0 Å². The predicted molar refractivity (Wildman–Crippen MR) is 358 cm³/mol. The summed E-state index contributed by atoms with van der Waals surface area (Å²) in [6, 6.07) is 0. The van der Waals surface area contributed by atoms with Crippen LogP contribution in [0, 0.1) is 0 Å². The SMILES string of the molecule is CCCCCCC/C=C\C/C=C\CCCCCCCCCCCCCCCCCCCCCCCCCC(=O)OCC(COC(=O)CCCCCCCCCCCCCC)OC(=O)CCCCCCCCCCCCCCCCCCC. The highest BCUT2D eigenvalue weighted by atomic mass is 16.6. The number of esters is 3. The molecule has 0 aliphatic rings. The van der Waals surface area contributed by atoms with Crippen LogP contribution in [0.15, 0.2) is 24.3 Å². The van der Waals surface area contributed by atoms with E-state index in [1.165, 1.54) is 321 Å². The van der Waals surface area contributed by atoms with Gasteiger partial charge in [0.2, 0.25) is 0 Å². The molecule has 0 saturated heterocycles. The van der Waals surface area contributed by atoms with Crippen molar-refractivity contribution in [2.75, 3.05) is 13.2 Å². The molecular formula is C76H144O6. The van der Waals surface area contributed by atoms with E-state index in [-0.39, 0.29) is 31.1 Å². The van der Waals surface area contributed by atoms with Crippen LogP contribution in [-0.2, 0) is 28.6 Å². The molecule has 0 N–H and O–H groups in total. The zero-order valence-corrected chi connectivity index (χ0v) is 55.8. The molecule has 1 unspecified atom stereocenters. The van der Waals surface area contributed by atoms with Crippen LogP contribution < -0.4 is 0 Å². The number of hydrogen-bond acceptors (Lipinski definition) is 6. The van der Waals surface area contributed by atoms with Crippen molar-refractivity contribution in [3.63, 3.8) is 0 Å². The normalized spacial score (nSPS) is 12.1. The van der Waals surface area contributed by atoms with Gasteiger partial charge in [-0.1, -0.05) is 379 Å². The number of ether oxygens (including phenoxy) is 3. The molecule has 0 bridgehead atoms. The van der Waals surface area contributed by atoms with Crippen LogP contribution in [0.2, 0.25) is 0 Å². The Labute approximate surface area is 513 Å². The Kier molecular flexibility index (Phi) is 69.5. The van der Waals surface area contributed by atoms with Crippen molar-refractivity contribution in [1.29, 1.82) is 0 Å². The van der Waals surface area contributed by atoms with Crippen LogP contribution in [0.1, 0.15) is 425 Å². The molecular weight excluding hydrogens is 1010 g/mol. The van der Waals surface area contributed by atoms with E-state index in [9.17, 15) is 14.4 Å². The Morgan fingerprint density at radius 2 is 0.439 bits per heavy atom. The monoisotopic (exact) mass is 1150 g/mol. The lowest BCUT2D eigenvalue weighted by atomic mass is 10.0. The molecule has 484 valence electrons. The molecule has 0 rings (SSSR count). The molecule has 0 aliphatic heterocycles. The highest BCUT2D eigenvalue weighted by molar-refractivity contribution is 5.71. The second-order valence-electron chi connectivity index (χ2n) is 25.6. The number of carbonyl (C=O) groups excluding carboxylic acids is 3. The summed E-state index contributed by atoms with van der Waals surface area (Å²) < 4.78 is 17.0. The standard InChI is InChI=1S/C76H144O6/c1-4-7-10-13-16-19-22-25-27-29-30-31-32-33-34-35-36-37-38-39-40-41-42-43-44-45-46-48-49-51-54-57-60-63-66-69-75(78)81-72-73(71-80-74(77)68-65-62-59-56-53-24-21-18-15-12-9-6-3)82-76(79)70-67-64-61-58-55-52-50-47-28-26-23-20-17-14-11-8-5-2/h22,25,29-30,73H,4-21,23-24,26-28,31-72H2,1-3H3/b25-22-,30-29-. The maximum atomic E-state index is 12.9. The minimum absolute atomic E-state index is 0.0624. The minimum Gasteiger partial charge on any atom is -0.462 e. The molecule has 0 heterocycles. The molecule has 1 atom stereocenters. The summed E-state index contributed by atoms with van der Waals surface area (Å²) >= 11 is 0. The van der Waals surface area contributed by atoms with Crippen molar-refractivity contribution >= 4 is 17.9 Å². The summed E-state index contributed by atoms with van der Waals surface area (Å²) in [7, 11) is 0. The Hall–Kier alpha value is -2.11. The number of rotatable bonds is 70. The van der Waals surface area contributed by atoms with Crippen LogP contribution >= 0.6 is 0 Å². The average molecular weight is 1150 g/mol. The first-order valence-corrected chi connectivity index (χ1v) is 37.3. The summed E-state index contributed by atoms with van der Waals surface area (Å²) in [6.45, 7) is 6.71. The molecule has 82 heavy (non-hydrogen) atoms. The molecule has 0 spiro atoms. The summed E-state index contributed by atoms with van der Waals surface area (Å²) in [6.07, 6.45) is 88.1. The number of allylic oxidation sites excluding steroid dienone is 4. The number of carbonyl (C=O) groups is 3. The first kappa shape index (κ1) is 79.9. The Balaban J connectivity index is 4.03. The van der Waals surface area contributed by atoms with E-state index in [2.05, 4.69) is 45.1 Å². The van der Waals surface area contributed by atoms with Gasteiger partial charge in [0.15, 0.2) is 6.10 Å². The van der Waals surface area contributed by atoms with Crippen molar-refractivity contribution in [3.05, 3.63) is 24.3 Å². The van der Waals surface area contributed by atoms with Gasteiger partial charge in [-0.3, -0.25) is 14.4 Å². The second kappa shape index (κ2) is 71.4. The van der Waals surface area contributed by atoms with Gasteiger partial charge in [0, 0.05) is 19.3 Å². The highest BCUT2D eigenvalue weighted by Gasteiger charge is 2.20. The summed E-state index contributed by atoms with van der Waals surface area (Å²) in [4.78, 5) is 38.4. The Morgan fingerprint density at radius 3 is 0.671 bits per heavy atom. The van der Waals surface area contributed by atoms with Gasteiger partial charge in [-0.05, 0) is 51.4 Å². The van der Waals surface area contributed by atoms with Crippen LogP contribution in [0.3, 0.4) is 0 Å². The topological polar surface area (TPSA) is 78.9 Å². The molecule has 6 nitrogen and oxygen atoms in total. The fraction of sp³-hybridized carbons (Fsp3) is 0.908. The van der Waals surface area contributed by atoms with Gasteiger partial charge in [0.25, 0.3) is 0 Å². The Morgan fingerprint density at radius 1 is 0.244 bits per heavy atom. The van der Waals surface area contributed by atoms with Gasteiger partial charge in [-0.15, -0.1) is 0 Å². The van der Waals surface area contributed by atoms with Crippen molar-refractivity contribution in [3.8, 4) is 0 Å². The van der Waals surface area contributed by atoms with Crippen molar-refractivity contribution < 1.29 is 28.6 Å². The number of unbranched alkanes of at least 4 members (excludes halogenated alkanes) is 55. The molecule has 0 aromatic heterocycles. The first-order valence-electron chi connectivity index (χ1n) is 37.3. The average Bonchev–Trinajstić information content (AvgIpc) is 3.47. The summed E-state index contributed by atoms with van der Waals surface area (Å²) in [5.74, 6) is -0.827. The van der Waals surface area contributed by atoms with E-state index in [0.717, 1.165) is 64.2 Å². The zero-order chi connectivity index (χ0) is 59.2. The van der Waals surface area contributed by atoms with Crippen molar-refractivity contribution in [2.24, 2.45) is 0 Å². The Bertz CT molecular complexity index is 1320. The fourth-order valence-corrected chi connectivity index (χ4v) is 11.6. The molecule has 0 radical (unpaired) electrons. The van der Waals surface area contributed by atoms with Crippen LogP contribution in [-0.4, -0.2) is 37.2 Å². The highest BCUT2D eigenvalue weighted by Crippen LogP contribution is 2.19. The van der Waals surface area contributed by atoms with Crippen LogP contribution in [0.25, 0.3) is 0 Å². The zero-order valence-electron chi connectivity index (χ0n) is 55.8. The van der Waals surface area contributed by atoms with Crippen molar-refractivity contribution in [2.45, 2.75) is 431 Å². The largest absolute Gasteiger partial charge is 0.462 e. The predicted octanol–water partition coefficient (Wildman–Crippen LogP) is 25.7. The molecule has 0 amide bonds. The van der Waals surface area contributed by atoms with E-state index in [1.807, 2.05) is 0 Å². The van der Waals surface area contributed by atoms with Gasteiger partial charge >= 0.3 is 17.9 Å². The van der Waals surface area contributed by atoms with E-state index >= 15 is 0 Å². The molecule has 0 aromatic carbocycles. The minimum atomic E-state index is -0.765. The second-order valence-corrected chi connectivity index (χ2v) is 25.6. The van der Waals surface area contributed by atoms with E-state index < -0.39 is 6.10 Å². The maximum Gasteiger partial charge on any atom is 0.306 e. The van der Waals surface area contributed by atoms with E-state index in [1.54, 1.807) is 0 Å². The van der Waals surface area contributed by atoms with Crippen LogP contribution in [0.4, 0.5) is 0 Å². The molecule has 0 saturated carbocycles. The lowest BCUT2D eigenvalue weighted by Gasteiger charge is -2.18. The van der Waals surface area contributed by atoms with Gasteiger partial charge in [0.1, 0.15) is 13.2 Å². The quantitative estimate of drug-likeness (QED) is 0.0261. The van der Waals surface area contributed by atoms with Crippen molar-refractivity contribution in [1.82, 2.24) is 0 Å². The van der Waals surface area contributed by atoms with Gasteiger partial charge < -0.3 is 14.2 Å². The smallest absolute Gasteiger partial charge is 0.306 e. The lowest BCUT2D eigenvalue weighted by Crippen LogP contribution is -2.30. The third kappa shape index (κ3) is 68.7. The fourth-order valence-electron chi connectivity index (χ4n) is 11.6. The van der Waals surface area contributed by atoms with Gasteiger partial charge in [-0.2, -0.15) is 0 Å². The molecule has 6 heteroatoms. The van der Waals surface area contributed by atoms with Gasteiger partial charge in [0.05, 0.1) is 0 Å². The maximum absolute atomic E-state index is 12.9. The number of hydrogen-bond donors (Lipinski definition) is 0. The first-order chi connectivity index (χ1) is 40.5. The summed E-state index contributed by atoms with van der Waals surface area (Å²) in [5.41, 5.74) is 0. The van der Waals surface area contributed by atoms with Gasteiger partial charge in [-0.25, -0.2) is 0 Å². The third-order valence-corrected chi connectivity index (χ3v) is 17.2. The summed E-state index contributed by atoms with van der Waals surface area (Å²) in [5, 5.41) is 0. The molecule has 0 aromatic rings. The molecule has 0 aliphatic carbocycles.